The van der Waals surface area contributed by atoms with Crippen molar-refractivity contribution in [2.24, 2.45) is 5.92 Å². The molecule has 2 aliphatic rings. The van der Waals surface area contributed by atoms with E-state index in [0.717, 1.165) is 38.0 Å². The fourth-order valence-corrected chi connectivity index (χ4v) is 3.58. The Morgan fingerprint density at radius 2 is 2.10 bits per heavy atom. The highest BCUT2D eigenvalue weighted by Gasteiger charge is 2.27. The molecule has 4 heteroatoms. The molecule has 2 fully saturated rings. The number of rotatable bonds is 3. The molecule has 1 aliphatic heterocycles. The van der Waals surface area contributed by atoms with Crippen molar-refractivity contribution in [3.05, 3.63) is 24.3 Å². The van der Waals surface area contributed by atoms with Crippen molar-refractivity contribution < 1.29 is 4.79 Å². The third-order valence-corrected chi connectivity index (χ3v) is 4.74. The Labute approximate surface area is 120 Å². The first-order chi connectivity index (χ1) is 9.83. The predicted molar refractivity (Wildman–Crippen MR) is 77.2 cm³/mol. The van der Waals surface area contributed by atoms with Gasteiger partial charge in [-0.2, -0.15) is 0 Å². The second kappa shape index (κ2) is 6.33. The van der Waals surface area contributed by atoms with E-state index in [1.807, 2.05) is 6.07 Å². The Morgan fingerprint density at radius 1 is 1.25 bits per heavy atom. The fraction of sp³-hybridized carbons (Fsp3) is 0.688. The van der Waals surface area contributed by atoms with Crippen LogP contribution in [0.1, 0.15) is 56.6 Å². The average Bonchev–Trinajstić information content (AvgIpc) is 3.01. The van der Waals surface area contributed by atoms with E-state index in [2.05, 4.69) is 14.9 Å². The number of hydrogen-bond donors (Lipinski definition) is 0. The molecule has 3 rings (SSSR count). The lowest BCUT2D eigenvalue weighted by Gasteiger charge is -2.33. The zero-order chi connectivity index (χ0) is 13.8. The normalized spacial score (nSPS) is 24.0. The second-order valence-electron chi connectivity index (χ2n) is 6.17. The van der Waals surface area contributed by atoms with Crippen molar-refractivity contribution in [2.45, 2.75) is 50.9 Å². The second-order valence-corrected chi connectivity index (χ2v) is 6.17. The third kappa shape index (κ3) is 3.17. The lowest BCUT2D eigenvalue weighted by atomic mass is 9.93. The molecule has 0 aromatic carbocycles. The molecule has 1 amide bonds. The predicted octanol–water partition coefficient (Wildman–Crippen LogP) is 2.76. The first kappa shape index (κ1) is 13.5. The van der Waals surface area contributed by atoms with Gasteiger partial charge in [0.15, 0.2) is 0 Å². The highest BCUT2D eigenvalue weighted by atomic mass is 16.2. The summed E-state index contributed by atoms with van der Waals surface area (Å²) >= 11 is 0. The molecule has 0 spiro atoms. The number of hydrogen-bond acceptors (Lipinski definition) is 3. The van der Waals surface area contributed by atoms with Crippen molar-refractivity contribution in [2.75, 3.05) is 13.1 Å². The van der Waals surface area contributed by atoms with Crippen molar-refractivity contribution in [3.8, 4) is 0 Å². The lowest BCUT2D eigenvalue weighted by Crippen LogP contribution is -2.39. The van der Waals surface area contributed by atoms with E-state index in [4.69, 9.17) is 0 Å². The molecule has 20 heavy (non-hydrogen) atoms. The third-order valence-electron chi connectivity index (χ3n) is 4.74. The number of nitrogens with zero attached hydrogens (tertiary/aromatic N) is 3. The van der Waals surface area contributed by atoms with Crippen LogP contribution in [0.15, 0.2) is 18.6 Å². The first-order valence-electron chi connectivity index (χ1n) is 7.86. The van der Waals surface area contributed by atoms with Gasteiger partial charge in [-0.1, -0.05) is 12.8 Å². The molecule has 108 valence electrons. The molecular weight excluding hydrogens is 250 g/mol. The molecule has 1 aliphatic carbocycles. The SMILES string of the molecule is O=C(CC1CCCC1)N1CCC[C@H](c2ccncn2)C1. The molecule has 0 bridgehead atoms. The van der Waals surface area contributed by atoms with Crippen LogP contribution in [0.4, 0.5) is 0 Å². The molecule has 0 N–H and O–H groups in total. The highest BCUT2D eigenvalue weighted by Crippen LogP contribution is 2.30. The maximum absolute atomic E-state index is 12.4. The summed E-state index contributed by atoms with van der Waals surface area (Å²) in [5, 5.41) is 0. The highest BCUT2D eigenvalue weighted by molar-refractivity contribution is 5.76. The van der Waals surface area contributed by atoms with E-state index in [1.54, 1.807) is 12.5 Å². The molecule has 4 nitrogen and oxygen atoms in total. The molecule has 1 aromatic heterocycles. The maximum atomic E-state index is 12.4. The Morgan fingerprint density at radius 3 is 2.85 bits per heavy atom. The monoisotopic (exact) mass is 273 g/mol. The number of carbonyl (C=O) groups is 1. The van der Waals surface area contributed by atoms with Gasteiger partial charge in [-0.25, -0.2) is 9.97 Å². The Hall–Kier alpha value is -1.45. The molecule has 0 radical (unpaired) electrons. The number of amides is 1. The van der Waals surface area contributed by atoms with Gasteiger partial charge in [0.25, 0.3) is 0 Å². The van der Waals surface area contributed by atoms with Crippen LogP contribution in [0, 0.1) is 5.92 Å². The van der Waals surface area contributed by atoms with Gasteiger partial charge in [0, 0.05) is 37.3 Å². The molecule has 2 heterocycles. The topological polar surface area (TPSA) is 46.1 Å². The van der Waals surface area contributed by atoms with E-state index >= 15 is 0 Å². The Kier molecular flexibility index (Phi) is 4.28. The molecule has 1 saturated heterocycles. The standard InChI is InChI=1S/C16H23N3O/c20-16(10-13-4-1-2-5-13)19-9-3-6-14(11-19)15-7-8-17-12-18-15/h7-8,12-14H,1-6,9-11H2/t14-/m0/s1. The van der Waals surface area contributed by atoms with Crippen molar-refractivity contribution in [3.63, 3.8) is 0 Å². The first-order valence-corrected chi connectivity index (χ1v) is 7.86. The van der Waals surface area contributed by atoms with Crippen LogP contribution in [0.25, 0.3) is 0 Å². The summed E-state index contributed by atoms with van der Waals surface area (Å²) in [6.07, 6.45) is 11.5. The van der Waals surface area contributed by atoms with Gasteiger partial charge in [-0.15, -0.1) is 0 Å². The van der Waals surface area contributed by atoms with Crippen molar-refractivity contribution in [1.82, 2.24) is 14.9 Å². The quantitative estimate of drug-likeness (QED) is 0.850. The lowest BCUT2D eigenvalue weighted by molar-refractivity contribution is -0.133. The van der Waals surface area contributed by atoms with Gasteiger partial charge in [-0.05, 0) is 37.7 Å². The minimum absolute atomic E-state index is 0.357. The Bertz CT molecular complexity index is 442. The summed E-state index contributed by atoms with van der Waals surface area (Å²) in [5.74, 6) is 1.39. The largest absolute Gasteiger partial charge is 0.342 e. The van der Waals surface area contributed by atoms with Crippen LogP contribution in [0.2, 0.25) is 0 Å². The van der Waals surface area contributed by atoms with E-state index in [1.165, 1.54) is 25.7 Å². The number of likely N-dealkylation sites (tertiary alicyclic amines) is 1. The number of piperidine rings is 1. The zero-order valence-electron chi connectivity index (χ0n) is 12.0. The summed E-state index contributed by atoms with van der Waals surface area (Å²) in [6.45, 7) is 1.76. The molecular formula is C16H23N3O. The maximum Gasteiger partial charge on any atom is 0.222 e. The average molecular weight is 273 g/mol. The summed E-state index contributed by atoms with van der Waals surface area (Å²) < 4.78 is 0. The van der Waals surface area contributed by atoms with E-state index in [9.17, 15) is 4.79 Å². The van der Waals surface area contributed by atoms with Crippen LogP contribution in [-0.4, -0.2) is 33.9 Å². The van der Waals surface area contributed by atoms with Gasteiger partial charge >= 0.3 is 0 Å². The molecule has 1 atom stereocenters. The fourth-order valence-electron chi connectivity index (χ4n) is 3.58. The smallest absolute Gasteiger partial charge is 0.222 e. The van der Waals surface area contributed by atoms with Crippen molar-refractivity contribution >= 4 is 5.91 Å². The van der Waals surface area contributed by atoms with Crippen LogP contribution >= 0.6 is 0 Å². The van der Waals surface area contributed by atoms with Gasteiger partial charge < -0.3 is 4.90 Å². The Balaban J connectivity index is 1.58. The summed E-state index contributed by atoms with van der Waals surface area (Å²) in [7, 11) is 0. The van der Waals surface area contributed by atoms with E-state index in [0.29, 0.717) is 17.7 Å². The summed E-state index contributed by atoms with van der Waals surface area (Å²) in [5.41, 5.74) is 1.08. The summed E-state index contributed by atoms with van der Waals surface area (Å²) in [4.78, 5) is 22.8. The molecule has 1 saturated carbocycles. The van der Waals surface area contributed by atoms with Gasteiger partial charge in [0.05, 0.1) is 0 Å². The molecule has 0 unspecified atom stereocenters. The van der Waals surface area contributed by atoms with Gasteiger partial charge in [0.1, 0.15) is 6.33 Å². The van der Waals surface area contributed by atoms with Gasteiger partial charge in [-0.3, -0.25) is 4.79 Å². The van der Waals surface area contributed by atoms with E-state index in [-0.39, 0.29) is 0 Å². The minimum Gasteiger partial charge on any atom is -0.342 e. The zero-order valence-corrected chi connectivity index (χ0v) is 12.0. The van der Waals surface area contributed by atoms with Crippen molar-refractivity contribution in [1.29, 1.82) is 0 Å². The van der Waals surface area contributed by atoms with E-state index < -0.39 is 0 Å². The van der Waals surface area contributed by atoms with Crippen LogP contribution in [-0.2, 0) is 4.79 Å². The van der Waals surface area contributed by atoms with Crippen LogP contribution in [0.5, 0.6) is 0 Å². The number of aromatic nitrogens is 2. The number of carbonyl (C=O) groups excluding carboxylic acids is 1. The minimum atomic E-state index is 0.357. The van der Waals surface area contributed by atoms with Crippen LogP contribution < -0.4 is 0 Å². The van der Waals surface area contributed by atoms with Crippen LogP contribution in [0.3, 0.4) is 0 Å². The van der Waals surface area contributed by atoms with Gasteiger partial charge in [0.2, 0.25) is 5.91 Å². The summed E-state index contributed by atoms with van der Waals surface area (Å²) in [6, 6.07) is 1.98. The molecule has 1 aromatic rings.